The number of aryl methyl sites for hydroxylation is 1. The fraction of sp³-hybridized carbons (Fsp3) is 0.273. The van der Waals surface area contributed by atoms with Crippen molar-refractivity contribution in [3.05, 3.63) is 64.7 Å². The van der Waals surface area contributed by atoms with Crippen LogP contribution in [0.15, 0.2) is 48.5 Å². The van der Waals surface area contributed by atoms with Crippen LogP contribution in [0, 0.1) is 6.92 Å². The highest BCUT2D eigenvalue weighted by atomic mass is 32.1. The van der Waals surface area contributed by atoms with Gasteiger partial charge in [0.25, 0.3) is 0 Å². The summed E-state index contributed by atoms with van der Waals surface area (Å²) in [5.74, 6) is 1.40. The second kappa shape index (κ2) is 9.37. The summed E-state index contributed by atoms with van der Waals surface area (Å²) in [5.41, 5.74) is 3.08. The van der Waals surface area contributed by atoms with Crippen molar-refractivity contribution in [2.75, 3.05) is 20.8 Å². The molecule has 0 aliphatic heterocycles. The molecule has 0 bridgehead atoms. The largest absolute Gasteiger partial charge is 0.493 e. The number of nitrogens with one attached hydrogen (secondary N) is 1. The average Bonchev–Trinajstić information content (AvgIpc) is 3.08. The highest BCUT2D eigenvalue weighted by molar-refractivity contribution is 7.15. The molecule has 1 aromatic heterocycles. The lowest BCUT2D eigenvalue weighted by Gasteiger charge is -2.10. The van der Waals surface area contributed by atoms with Crippen LogP contribution in [0.25, 0.3) is 10.6 Å². The lowest BCUT2D eigenvalue weighted by Crippen LogP contribution is -2.27. The van der Waals surface area contributed by atoms with Crippen LogP contribution in [0.2, 0.25) is 0 Å². The van der Waals surface area contributed by atoms with Crippen LogP contribution < -0.4 is 14.8 Å². The topological polar surface area (TPSA) is 60.5 Å². The number of hydrogen-bond acceptors (Lipinski definition) is 5. The smallest absolute Gasteiger partial charge is 0.225 e. The molecule has 0 aliphatic carbocycles. The molecular formula is C22H24N2O3S. The van der Waals surface area contributed by atoms with E-state index in [1.807, 2.05) is 55.5 Å². The minimum Gasteiger partial charge on any atom is -0.493 e. The first-order valence-electron chi connectivity index (χ1n) is 9.10. The Morgan fingerprint density at radius 1 is 1.07 bits per heavy atom. The first-order valence-corrected chi connectivity index (χ1v) is 9.91. The number of amides is 1. The van der Waals surface area contributed by atoms with Crippen molar-refractivity contribution in [2.45, 2.75) is 19.8 Å². The number of hydrogen-bond donors (Lipinski definition) is 1. The van der Waals surface area contributed by atoms with E-state index in [-0.39, 0.29) is 5.91 Å². The van der Waals surface area contributed by atoms with Crippen molar-refractivity contribution in [3.63, 3.8) is 0 Å². The van der Waals surface area contributed by atoms with E-state index in [0.29, 0.717) is 24.5 Å². The van der Waals surface area contributed by atoms with Crippen molar-refractivity contribution >= 4 is 17.2 Å². The summed E-state index contributed by atoms with van der Waals surface area (Å²) < 4.78 is 10.6. The number of rotatable bonds is 8. The first kappa shape index (κ1) is 19.9. The van der Waals surface area contributed by atoms with Gasteiger partial charge in [-0.2, -0.15) is 0 Å². The Kier molecular flexibility index (Phi) is 6.66. The molecule has 3 aromatic rings. The maximum Gasteiger partial charge on any atom is 0.225 e. The lowest BCUT2D eigenvalue weighted by molar-refractivity contribution is -0.120. The summed E-state index contributed by atoms with van der Waals surface area (Å²) in [5, 5.41) is 3.94. The molecule has 1 amide bonds. The molecule has 3 rings (SSSR count). The highest BCUT2D eigenvalue weighted by Crippen LogP contribution is 2.28. The third kappa shape index (κ3) is 4.89. The minimum atomic E-state index is 0.00633. The number of methoxy groups -OCH3 is 2. The highest BCUT2D eigenvalue weighted by Gasteiger charge is 2.13. The van der Waals surface area contributed by atoms with E-state index in [2.05, 4.69) is 10.3 Å². The molecule has 0 atom stereocenters. The molecule has 0 saturated carbocycles. The summed E-state index contributed by atoms with van der Waals surface area (Å²) in [7, 11) is 3.23. The maximum atomic E-state index is 12.3. The summed E-state index contributed by atoms with van der Waals surface area (Å²) >= 11 is 1.58. The average molecular weight is 397 g/mol. The summed E-state index contributed by atoms with van der Waals surface area (Å²) in [6.45, 7) is 2.52. The van der Waals surface area contributed by atoms with Gasteiger partial charge in [0, 0.05) is 17.0 Å². The van der Waals surface area contributed by atoms with Gasteiger partial charge in [-0.3, -0.25) is 4.79 Å². The van der Waals surface area contributed by atoms with Gasteiger partial charge in [0.2, 0.25) is 5.91 Å². The van der Waals surface area contributed by atoms with Gasteiger partial charge in [0.05, 0.1) is 26.3 Å². The van der Waals surface area contributed by atoms with Gasteiger partial charge >= 0.3 is 0 Å². The predicted molar refractivity (Wildman–Crippen MR) is 112 cm³/mol. The van der Waals surface area contributed by atoms with E-state index >= 15 is 0 Å². The van der Waals surface area contributed by atoms with E-state index in [4.69, 9.17) is 9.47 Å². The minimum absolute atomic E-state index is 0.00633. The zero-order valence-corrected chi connectivity index (χ0v) is 17.1. The van der Waals surface area contributed by atoms with Crippen LogP contribution in [0.5, 0.6) is 11.5 Å². The summed E-state index contributed by atoms with van der Waals surface area (Å²) in [6, 6.07) is 15.8. The molecule has 0 spiro atoms. The Morgan fingerprint density at radius 3 is 2.54 bits per heavy atom. The van der Waals surface area contributed by atoms with Gasteiger partial charge in [-0.25, -0.2) is 4.98 Å². The second-order valence-electron chi connectivity index (χ2n) is 6.36. The quantitative estimate of drug-likeness (QED) is 0.624. The van der Waals surface area contributed by atoms with Crippen LogP contribution in [0.1, 0.15) is 16.1 Å². The van der Waals surface area contributed by atoms with Crippen molar-refractivity contribution in [3.8, 4) is 22.1 Å². The van der Waals surface area contributed by atoms with Crippen molar-refractivity contribution in [1.29, 1.82) is 0 Å². The van der Waals surface area contributed by atoms with Crippen LogP contribution in [-0.4, -0.2) is 31.7 Å². The SMILES string of the molecule is COc1ccc(CCNC(=O)Cc2sc(-c3ccccc3)nc2C)cc1OC. The zero-order chi connectivity index (χ0) is 19.9. The van der Waals surface area contributed by atoms with Gasteiger partial charge in [0.15, 0.2) is 11.5 Å². The number of carbonyl (C=O) groups is 1. The van der Waals surface area contributed by atoms with Gasteiger partial charge in [-0.1, -0.05) is 36.4 Å². The molecule has 0 aliphatic rings. The lowest BCUT2D eigenvalue weighted by atomic mass is 10.1. The summed E-state index contributed by atoms with van der Waals surface area (Å²) in [4.78, 5) is 18.0. The van der Waals surface area contributed by atoms with Crippen molar-refractivity contribution in [2.24, 2.45) is 0 Å². The molecule has 146 valence electrons. The monoisotopic (exact) mass is 396 g/mol. The van der Waals surface area contributed by atoms with E-state index in [0.717, 1.165) is 33.1 Å². The molecule has 0 saturated heterocycles. The maximum absolute atomic E-state index is 12.3. The molecule has 0 radical (unpaired) electrons. The van der Waals surface area contributed by atoms with Gasteiger partial charge in [-0.15, -0.1) is 11.3 Å². The van der Waals surface area contributed by atoms with E-state index in [1.165, 1.54) is 0 Å². The van der Waals surface area contributed by atoms with Crippen molar-refractivity contribution < 1.29 is 14.3 Å². The normalized spacial score (nSPS) is 10.5. The van der Waals surface area contributed by atoms with Crippen molar-refractivity contribution in [1.82, 2.24) is 10.3 Å². The number of ether oxygens (including phenoxy) is 2. The van der Waals surface area contributed by atoms with Gasteiger partial charge < -0.3 is 14.8 Å². The van der Waals surface area contributed by atoms with Crippen LogP contribution in [0.3, 0.4) is 0 Å². The third-order valence-electron chi connectivity index (χ3n) is 4.42. The standard InChI is InChI=1S/C22H24N2O3S/c1-15-20(28-22(24-15)17-7-5-4-6-8-17)14-21(25)23-12-11-16-9-10-18(26-2)19(13-16)27-3/h4-10,13H,11-12,14H2,1-3H3,(H,23,25). The fourth-order valence-electron chi connectivity index (χ4n) is 2.89. The van der Waals surface area contributed by atoms with Crippen LogP contribution in [0.4, 0.5) is 0 Å². The number of thiazole rings is 1. The Labute approximate surface area is 169 Å². The summed E-state index contributed by atoms with van der Waals surface area (Å²) in [6.07, 6.45) is 1.07. The molecule has 1 heterocycles. The first-order chi connectivity index (χ1) is 13.6. The number of nitrogens with zero attached hydrogens (tertiary/aromatic N) is 1. The molecule has 1 N–H and O–H groups in total. The van der Waals surface area contributed by atoms with E-state index in [1.54, 1.807) is 25.6 Å². The van der Waals surface area contributed by atoms with Crippen LogP contribution >= 0.6 is 11.3 Å². The Morgan fingerprint density at radius 2 is 1.82 bits per heavy atom. The fourth-order valence-corrected chi connectivity index (χ4v) is 3.95. The number of carbonyl (C=O) groups excluding carboxylic acids is 1. The number of aromatic nitrogens is 1. The molecule has 2 aromatic carbocycles. The molecular weight excluding hydrogens is 372 g/mol. The molecule has 6 heteroatoms. The molecule has 0 unspecified atom stereocenters. The van der Waals surface area contributed by atoms with E-state index in [9.17, 15) is 4.79 Å². The number of benzene rings is 2. The van der Waals surface area contributed by atoms with E-state index < -0.39 is 0 Å². The zero-order valence-electron chi connectivity index (χ0n) is 16.3. The van der Waals surface area contributed by atoms with Gasteiger partial charge in [0.1, 0.15) is 5.01 Å². The molecule has 5 nitrogen and oxygen atoms in total. The third-order valence-corrected chi connectivity index (χ3v) is 5.62. The second-order valence-corrected chi connectivity index (χ2v) is 7.44. The van der Waals surface area contributed by atoms with Crippen LogP contribution in [-0.2, 0) is 17.6 Å². The Bertz CT molecular complexity index is 938. The predicted octanol–water partition coefficient (Wildman–Crippen LogP) is 4.04. The van der Waals surface area contributed by atoms with Gasteiger partial charge in [-0.05, 0) is 31.0 Å². The Hall–Kier alpha value is -2.86. The molecule has 28 heavy (non-hydrogen) atoms. The molecule has 0 fully saturated rings. The Balaban J connectivity index is 1.54.